The maximum absolute atomic E-state index is 12.8. The van der Waals surface area contributed by atoms with Crippen molar-refractivity contribution in [3.8, 4) is 5.75 Å². The van der Waals surface area contributed by atoms with Crippen LogP contribution in [0.3, 0.4) is 0 Å². The van der Waals surface area contributed by atoms with E-state index in [-0.39, 0.29) is 24.4 Å². The molecular weight excluding hydrogens is 269 g/mol. The Morgan fingerprint density at radius 1 is 1.19 bits per heavy atom. The molecule has 3 nitrogen and oxygen atoms in total. The fourth-order valence-electron chi connectivity index (χ4n) is 2.62. The number of fused-ring (bicyclic) bond motifs is 1. The average molecular weight is 285 g/mol. The number of aryl methyl sites for hydroxylation is 1. The molecule has 0 saturated heterocycles. The highest BCUT2D eigenvalue weighted by Crippen LogP contribution is 2.30. The second-order valence-electron chi connectivity index (χ2n) is 5.10. The third kappa shape index (κ3) is 3.21. The van der Waals surface area contributed by atoms with Crippen LogP contribution in [0, 0.1) is 5.82 Å². The van der Waals surface area contributed by atoms with Crippen molar-refractivity contribution in [2.45, 2.75) is 18.9 Å². The molecule has 108 valence electrons. The smallest absolute Gasteiger partial charge is 0.258 e. The van der Waals surface area contributed by atoms with Crippen molar-refractivity contribution >= 4 is 5.91 Å². The molecule has 2 aromatic carbocycles. The van der Waals surface area contributed by atoms with Gasteiger partial charge in [-0.15, -0.1) is 0 Å². The average Bonchev–Trinajstić information content (AvgIpc) is 2.90. The minimum Gasteiger partial charge on any atom is -0.484 e. The lowest BCUT2D eigenvalue weighted by Gasteiger charge is -2.14. The lowest BCUT2D eigenvalue weighted by Crippen LogP contribution is -2.31. The Kier molecular flexibility index (Phi) is 3.86. The van der Waals surface area contributed by atoms with Gasteiger partial charge in [0.05, 0.1) is 6.04 Å². The van der Waals surface area contributed by atoms with Crippen molar-refractivity contribution in [2.75, 3.05) is 6.61 Å². The van der Waals surface area contributed by atoms with Gasteiger partial charge in [-0.1, -0.05) is 24.3 Å². The Balaban J connectivity index is 1.54. The van der Waals surface area contributed by atoms with E-state index in [0.717, 1.165) is 12.8 Å². The molecule has 1 atom stereocenters. The van der Waals surface area contributed by atoms with Gasteiger partial charge in [-0.2, -0.15) is 0 Å². The first-order valence-corrected chi connectivity index (χ1v) is 6.98. The molecule has 0 aromatic heterocycles. The number of carbonyl (C=O) groups excluding carboxylic acids is 1. The van der Waals surface area contributed by atoms with Crippen LogP contribution in [-0.4, -0.2) is 12.5 Å². The second kappa shape index (κ2) is 5.95. The summed E-state index contributed by atoms with van der Waals surface area (Å²) < 4.78 is 18.1. The summed E-state index contributed by atoms with van der Waals surface area (Å²) in [6.07, 6.45) is 1.90. The monoisotopic (exact) mass is 285 g/mol. The molecule has 3 rings (SSSR count). The summed E-state index contributed by atoms with van der Waals surface area (Å²) >= 11 is 0. The molecule has 0 bridgehead atoms. The quantitative estimate of drug-likeness (QED) is 0.937. The fourth-order valence-corrected chi connectivity index (χ4v) is 2.62. The number of amides is 1. The molecule has 0 spiro atoms. The Morgan fingerprint density at radius 3 is 2.76 bits per heavy atom. The summed E-state index contributed by atoms with van der Waals surface area (Å²) in [7, 11) is 0. The number of ether oxygens (including phenoxy) is 1. The first kappa shape index (κ1) is 13.6. The van der Waals surface area contributed by atoms with E-state index in [1.165, 1.54) is 35.4 Å². The van der Waals surface area contributed by atoms with Gasteiger partial charge in [0.25, 0.3) is 5.91 Å². The van der Waals surface area contributed by atoms with Crippen molar-refractivity contribution in [2.24, 2.45) is 0 Å². The van der Waals surface area contributed by atoms with Gasteiger partial charge in [-0.05, 0) is 48.2 Å². The minimum absolute atomic E-state index is 0.0607. The van der Waals surface area contributed by atoms with Crippen molar-refractivity contribution in [1.29, 1.82) is 0 Å². The molecule has 1 aliphatic carbocycles. The maximum Gasteiger partial charge on any atom is 0.258 e. The Labute approximate surface area is 122 Å². The summed E-state index contributed by atoms with van der Waals surface area (Å²) in [5, 5.41) is 2.98. The highest BCUT2D eigenvalue weighted by Gasteiger charge is 2.23. The van der Waals surface area contributed by atoms with Crippen molar-refractivity contribution in [3.63, 3.8) is 0 Å². The van der Waals surface area contributed by atoms with Gasteiger partial charge in [0, 0.05) is 0 Å². The van der Waals surface area contributed by atoms with E-state index in [1.807, 2.05) is 18.2 Å². The van der Waals surface area contributed by atoms with Crippen LogP contribution in [0.1, 0.15) is 23.6 Å². The maximum atomic E-state index is 12.8. The lowest BCUT2D eigenvalue weighted by atomic mass is 10.1. The van der Waals surface area contributed by atoms with Crippen molar-refractivity contribution < 1.29 is 13.9 Å². The van der Waals surface area contributed by atoms with E-state index in [0.29, 0.717) is 5.75 Å². The fraction of sp³-hybridized carbons (Fsp3) is 0.235. The van der Waals surface area contributed by atoms with Crippen LogP contribution in [0.25, 0.3) is 0 Å². The number of halogens is 1. The molecule has 1 N–H and O–H groups in total. The van der Waals surface area contributed by atoms with Crippen LogP contribution in [0.4, 0.5) is 4.39 Å². The predicted molar refractivity (Wildman–Crippen MR) is 77.5 cm³/mol. The third-order valence-corrected chi connectivity index (χ3v) is 3.65. The van der Waals surface area contributed by atoms with Gasteiger partial charge >= 0.3 is 0 Å². The topological polar surface area (TPSA) is 38.3 Å². The van der Waals surface area contributed by atoms with Crippen LogP contribution in [0.15, 0.2) is 48.5 Å². The van der Waals surface area contributed by atoms with Gasteiger partial charge in [-0.25, -0.2) is 4.39 Å². The molecule has 0 radical (unpaired) electrons. The molecule has 0 fully saturated rings. The number of benzene rings is 2. The van der Waals surface area contributed by atoms with E-state index >= 15 is 0 Å². The number of rotatable bonds is 4. The van der Waals surface area contributed by atoms with Gasteiger partial charge in [-0.3, -0.25) is 4.79 Å². The lowest BCUT2D eigenvalue weighted by molar-refractivity contribution is -0.123. The van der Waals surface area contributed by atoms with Crippen molar-refractivity contribution in [3.05, 3.63) is 65.5 Å². The molecule has 0 aliphatic heterocycles. The van der Waals surface area contributed by atoms with Gasteiger partial charge < -0.3 is 10.1 Å². The normalized spacial score (nSPS) is 16.3. The van der Waals surface area contributed by atoms with Gasteiger partial charge in [0.2, 0.25) is 0 Å². The molecule has 21 heavy (non-hydrogen) atoms. The number of nitrogens with one attached hydrogen (secondary N) is 1. The van der Waals surface area contributed by atoms with E-state index in [9.17, 15) is 9.18 Å². The largest absolute Gasteiger partial charge is 0.484 e. The van der Waals surface area contributed by atoms with Crippen LogP contribution >= 0.6 is 0 Å². The highest BCUT2D eigenvalue weighted by atomic mass is 19.1. The SMILES string of the molecule is O=C(COc1ccc(F)cc1)N[C@@H]1CCc2ccccc21. The number of hydrogen-bond donors (Lipinski definition) is 1. The molecule has 1 amide bonds. The summed E-state index contributed by atoms with van der Waals surface area (Å²) in [5.41, 5.74) is 2.48. The van der Waals surface area contributed by atoms with E-state index in [1.54, 1.807) is 0 Å². The summed E-state index contributed by atoms with van der Waals surface area (Å²) in [5.74, 6) is -0.00577. The molecular formula is C17H16FNO2. The molecule has 0 heterocycles. The zero-order valence-electron chi connectivity index (χ0n) is 11.5. The zero-order valence-corrected chi connectivity index (χ0v) is 11.5. The Morgan fingerprint density at radius 2 is 1.95 bits per heavy atom. The Bertz CT molecular complexity index is 639. The standard InChI is InChI=1S/C17H16FNO2/c18-13-6-8-14(9-7-13)21-11-17(20)19-16-10-5-12-3-1-2-4-15(12)16/h1-4,6-9,16H,5,10-11H2,(H,19,20)/t16-/m1/s1. The predicted octanol–water partition coefficient (Wildman–Crippen LogP) is 3.01. The summed E-state index contributed by atoms with van der Waals surface area (Å²) in [6, 6.07) is 13.8. The van der Waals surface area contributed by atoms with Gasteiger partial charge in [0.1, 0.15) is 11.6 Å². The first-order valence-electron chi connectivity index (χ1n) is 6.98. The molecule has 4 heteroatoms. The number of hydrogen-bond acceptors (Lipinski definition) is 2. The molecule has 0 unspecified atom stereocenters. The van der Waals surface area contributed by atoms with Crippen molar-refractivity contribution in [1.82, 2.24) is 5.32 Å². The first-order chi connectivity index (χ1) is 10.2. The van der Waals surface area contributed by atoms with E-state index in [4.69, 9.17) is 4.74 Å². The number of carbonyl (C=O) groups is 1. The highest BCUT2D eigenvalue weighted by molar-refractivity contribution is 5.78. The molecule has 1 aliphatic rings. The van der Waals surface area contributed by atoms with Gasteiger partial charge in [0.15, 0.2) is 6.61 Å². The van der Waals surface area contributed by atoms with Crippen LogP contribution in [0.2, 0.25) is 0 Å². The van der Waals surface area contributed by atoms with E-state index in [2.05, 4.69) is 11.4 Å². The summed E-state index contributed by atoms with van der Waals surface area (Å²) in [4.78, 5) is 11.9. The summed E-state index contributed by atoms with van der Waals surface area (Å²) in [6.45, 7) is -0.0652. The zero-order chi connectivity index (χ0) is 14.7. The minimum atomic E-state index is -0.325. The molecule has 2 aromatic rings. The van der Waals surface area contributed by atoms with Crippen LogP contribution < -0.4 is 10.1 Å². The van der Waals surface area contributed by atoms with Crippen LogP contribution in [-0.2, 0) is 11.2 Å². The Hall–Kier alpha value is -2.36. The third-order valence-electron chi connectivity index (χ3n) is 3.65. The van der Waals surface area contributed by atoms with Crippen LogP contribution in [0.5, 0.6) is 5.75 Å². The molecule has 0 saturated carbocycles. The van der Waals surface area contributed by atoms with E-state index < -0.39 is 0 Å². The second-order valence-corrected chi connectivity index (χ2v) is 5.10.